The van der Waals surface area contributed by atoms with Gasteiger partial charge in [0.15, 0.2) is 0 Å². The summed E-state index contributed by atoms with van der Waals surface area (Å²) >= 11 is 0. The molecule has 0 amide bonds. The molecule has 1 aliphatic carbocycles. The molecule has 0 radical (unpaired) electrons. The van der Waals surface area contributed by atoms with E-state index < -0.39 is 0 Å². The topological polar surface area (TPSA) is 28.2 Å². The molecule has 1 unspecified atom stereocenters. The Morgan fingerprint density at radius 3 is 2.60 bits per heavy atom. The number of rotatable bonds is 5. The molecule has 1 aromatic heterocycles. The first-order chi connectivity index (χ1) is 9.29. The number of anilines is 1. The van der Waals surface area contributed by atoms with Crippen LogP contribution >= 0.6 is 0 Å². The van der Waals surface area contributed by atoms with Crippen LogP contribution in [0.1, 0.15) is 51.8 Å². The molecule has 1 N–H and O–H groups in total. The summed E-state index contributed by atoms with van der Waals surface area (Å²) < 4.78 is 0. The van der Waals surface area contributed by atoms with Gasteiger partial charge in [-0.25, -0.2) is 0 Å². The fourth-order valence-corrected chi connectivity index (χ4v) is 2.37. The summed E-state index contributed by atoms with van der Waals surface area (Å²) in [6.45, 7) is 12.2. The molecule has 1 fully saturated rings. The summed E-state index contributed by atoms with van der Waals surface area (Å²) in [7, 11) is 2.20. The summed E-state index contributed by atoms with van der Waals surface area (Å²) in [6.07, 6.45) is 4.68. The van der Waals surface area contributed by atoms with Crippen molar-refractivity contribution in [2.45, 2.75) is 66.1 Å². The second-order valence-corrected chi connectivity index (χ2v) is 7.26. The highest BCUT2D eigenvalue weighted by Crippen LogP contribution is 2.30. The van der Waals surface area contributed by atoms with Gasteiger partial charge in [-0.1, -0.05) is 20.8 Å². The SMILES string of the molecule is Cc1cc(N(C)C(C)C(C)(C)C)c(CNC2CC2)cn1. The van der Waals surface area contributed by atoms with Crippen LogP contribution in [0.4, 0.5) is 5.69 Å². The Hall–Kier alpha value is -1.09. The van der Waals surface area contributed by atoms with Gasteiger partial charge in [-0.3, -0.25) is 4.98 Å². The van der Waals surface area contributed by atoms with Crippen LogP contribution in [0.5, 0.6) is 0 Å². The van der Waals surface area contributed by atoms with Crippen molar-refractivity contribution in [3.8, 4) is 0 Å². The third-order valence-corrected chi connectivity index (χ3v) is 4.47. The van der Waals surface area contributed by atoms with Crippen LogP contribution < -0.4 is 10.2 Å². The second kappa shape index (κ2) is 5.72. The molecule has 0 aliphatic heterocycles. The number of nitrogens with zero attached hydrogens (tertiary/aromatic N) is 2. The van der Waals surface area contributed by atoms with E-state index in [4.69, 9.17) is 0 Å². The van der Waals surface area contributed by atoms with Gasteiger partial charge in [0.1, 0.15) is 0 Å². The molecular formula is C17H29N3. The van der Waals surface area contributed by atoms with Gasteiger partial charge in [0.05, 0.1) is 0 Å². The molecule has 1 heterocycles. The Labute approximate surface area is 123 Å². The molecule has 1 aliphatic rings. The van der Waals surface area contributed by atoms with Crippen molar-refractivity contribution in [3.63, 3.8) is 0 Å². The van der Waals surface area contributed by atoms with Crippen LogP contribution in [-0.2, 0) is 6.54 Å². The summed E-state index contributed by atoms with van der Waals surface area (Å²) in [5.74, 6) is 0. The third kappa shape index (κ3) is 3.72. The van der Waals surface area contributed by atoms with Crippen LogP contribution in [0, 0.1) is 12.3 Å². The normalized spacial score (nSPS) is 17.1. The highest BCUT2D eigenvalue weighted by molar-refractivity contribution is 5.54. The minimum atomic E-state index is 0.257. The number of hydrogen-bond donors (Lipinski definition) is 1. The van der Waals surface area contributed by atoms with Gasteiger partial charge in [0, 0.05) is 48.8 Å². The summed E-state index contributed by atoms with van der Waals surface area (Å²) in [5, 5.41) is 3.60. The van der Waals surface area contributed by atoms with Crippen molar-refractivity contribution in [2.75, 3.05) is 11.9 Å². The Bertz CT molecular complexity index is 458. The van der Waals surface area contributed by atoms with Crippen LogP contribution in [-0.4, -0.2) is 24.1 Å². The van der Waals surface area contributed by atoms with E-state index in [1.807, 2.05) is 6.20 Å². The summed E-state index contributed by atoms with van der Waals surface area (Å²) in [5.41, 5.74) is 3.96. The minimum Gasteiger partial charge on any atom is -0.371 e. The largest absolute Gasteiger partial charge is 0.371 e. The van der Waals surface area contributed by atoms with Gasteiger partial charge in [0.25, 0.3) is 0 Å². The lowest BCUT2D eigenvalue weighted by atomic mass is 9.86. The van der Waals surface area contributed by atoms with Crippen molar-refractivity contribution in [1.82, 2.24) is 10.3 Å². The Morgan fingerprint density at radius 2 is 2.05 bits per heavy atom. The van der Waals surface area contributed by atoms with Gasteiger partial charge in [-0.2, -0.15) is 0 Å². The lowest BCUT2D eigenvalue weighted by molar-refractivity contribution is 0.329. The first kappa shape index (κ1) is 15.3. The first-order valence-corrected chi connectivity index (χ1v) is 7.71. The molecule has 1 saturated carbocycles. The molecule has 0 spiro atoms. The maximum Gasteiger partial charge on any atom is 0.0445 e. The number of pyridine rings is 1. The number of hydrogen-bond acceptors (Lipinski definition) is 3. The molecule has 20 heavy (non-hydrogen) atoms. The van der Waals surface area contributed by atoms with E-state index in [0.717, 1.165) is 18.3 Å². The van der Waals surface area contributed by atoms with E-state index >= 15 is 0 Å². The Kier molecular flexibility index (Phi) is 4.38. The van der Waals surface area contributed by atoms with Crippen molar-refractivity contribution < 1.29 is 0 Å². The number of aromatic nitrogens is 1. The number of nitrogens with one attached hydrogen (secondary N) is 1. The van der Waals surface area contributed by atoms with E-state index in [0.29, 0.717) is 6.04 Å². The monoisotopic (exact) mass is 275 g/mol. The zero-order valence-electron chi connectivity index (χ0n) is 13.8. The van der Waals surface area contributed by atoms with Crippen molar-refractivity contribution in [1.29, 1.82) is 0 Å². The standard InChI is InChI=1S/C17H29N3/c1-12-9-16(20(6)13(2)17(3,4)5)14(10-18-12)11-19-15-7-8-15/h9-10,13,15,19H,7-8,11H2,1-6H3. The van der Waals surface area contributed by atoms with Crippen LogP contribution in [0.15, 0.2) is 12.3 Å². The highest BCUT2D eigenvalue weighted by Gasteiger charge is 2.26. The summed E-state index contributed by atoms with van der Waals surface area (Å²) in [6, 6.07) is 3.42. The Morgan fingerprint density at radius 1 is 1.40 bits per heavy atom. The quantitative estimate of drug-likeness (QED) is 0.891. The van der Waals surface area contributed by atoms with Gasteiger partial charge in [0.2, 0.25) is 0 Å². The predicted octanol–water partition coefficient (Wildman–Crippen LogP) is 3.51. The Balaban J connectivity index is 2.20. The number of aryl methyl sites for hydroxylation is 1. The molecule has 112 valence electrons. The van der Waals surface area contributed by atoms with Gasteiger partial charge < -0.3 is 10.2 Å². The van der Waals surface area contributed by atoms with E-state index in [1.54, 1.807) is 0 Å². The molecule has 1 atom stereocenters. The van der Waals surface area contributed by atoms with Crippen molar-refractivity contribution >= 4 is 5.69 Å². The second-order valence-electron chi connectivity index (χ2n) is 7.26. The van der Waals surface area contributed by atoms with E-state index in [1.165, 1.54) is 24.1 Å². The van der Waals surface area contributed by atoms with Gasteiger partial charge in [-0.05, 0) is 38.2 Å². The molecular weight excluding hydrogens is 246 g/mol. The van der Waals surface area contributed by atoms with E-state index in [2.05, 4.69) is 62.9 Å². The van der Waals surface area contributed by atoms with E-state index in [-0.39, 0.29) is 5.41 Å². The third-order valence-electron chi connectivity index (χ3n) is 4.47. The fraction of sp³-hybridized carbons (Fsp3) is 0.706. The highest BCUT2D eigenvalue weighted by atomic mass is 15.1. The van der Waals surface area contributed by atoms with Crippen LogP contribution in [0.3, 0.4) is 0 Å². The predicted molar refractivity (Wildman–Crippen MR) is 86.2 cm³/mol. The minimum absolute atomic E-state index is 0.257. The molecule has 0 saturated heterocycles. The molecule has 3 heteroatoms. The molecule has 1 aromatic rings. The summed E-state index contributed by atoms with van der Waals surface area (Å²) in [4.78, 5) is 6.88. The molecule has 0 bridgehead atoms. The zero-order valence-corrected chi connectivity index (χ0v) is 13.8. The first-order valence-electron chi connectivity index (χ1n) is 7.71. The average molecular weight is 275 g/mol. The van der Waals surface area contributed by atoms with Gasteiger partial charge in [-0.15, -0.1) is 0 Å². The van der Waals surface area contributed by atoms with Crippen molar-refractivity contribution in [3.05, 3.63) is 23.5 Å². The maximum atomic E-state index is 4.48. The molecule has 0 aromatic carbocycles. The zero-order chi connectivity index (χ0) is 14.9. The lowest BCUT2D eigenvalue weighted by Gasteiger charge is -2.38. The molecule has 3 nitrogen and oxygen atoms in total. The van der Waals surface area contributed by atoms with Gasteiger partial charge >= 0.3 is 0 Å². The van der Waals surface area contributed by atoms with Crippen LogP contribution in [0.2, 0.25) is 0 Å². The molecule has 2 rings (SSSR count). The average Bonchev–Trinajstić information content (AvgIpc) is 3.18. The van der Waals surface area contributed by atoms with E-state index in [9.17, 15) is 0 Å². The maximum absolute atomic E-state index is 4.48. The smallest absolute Gasteiger partial charge is 0.0445 e. The van der Waals surface area contributed by atoms with Crippen LogP contribution in [0.25, 0.3) is 0 Å². The lowest BCUT2D eigenvalue weighted by Crippen LogP contribution is -2.40. The fourth-order valence-electron chi connectivity index (χ4n) is 2.37. The van der Waals surface area contributed by atoms with Crippen molar-refractivity contribution in [2.24, 2.45) is 5.41 Å².